The van der Waals surface area contributed by atoms with Crippen molar-refractivity contribution in [2.75, 3.05) is 5.32 Å². The van der Waals surface area contributed by atoms with Crippen LogP contribution in [-0.4, -0.2) is 0 Å². The van der Waals surface area contributed by atoms with Gasteiger partial charge in [0.05, 0.1) is 5.02 Å². The van der Waals surface area contributed by atoms with Crippen LogP contribution in [0.15, 0.2) is 46.9 Å². The second kappa shape index (κ2) is 5.56. The van der Waals surface area contributed by atoms with Crippen LogP contribution in [0.25, 0.3) is 0 Å². The molecule has 1 N–H and O–H groups in total. The van der Waals surface area contributed by atoms with Gasteiger partial charge in [0.1, 0.15) is 0 Å². The van der Waals surface area contributed by atoms with Crippen molar-refractivity contribution < 1.29 is 0 Å². The molecular formula is C14H13BrClN. The maximum absolute atomic E-state index is 6.04. The van der Waals surface area contributed by atoms with E-state index in [0.717, 1.165) is 21.7 Å². The lowest BCUT2D eigenvalue weighted by Gasteiger charge is -2.07. The molecule has 0 fully saturated rings. The molecule has 2 aromatic rings. The molecule has 2 aromatic carbocycles. The van der Waals surface area contributed by atoms with Crippen molar-refractivity contribution in [3.05, 3.63) is 63.1 Å². The van der Waals surface area contributed by atoms with E-state index in [1.54, 1.807) is 0 Å². The number of nitrogens with one attached hydrogen (secondary N) is 1. The van der Waals surface area contributed by atoms with Crippen molar-refractivity contribution in [1.82, 2.24) is 0 Å². The Labute approximate surface area is 115 Å². The number of halogens is 2. The second-order valence-corrected chi connectivity index (χ2v) is 5.23. The van der Waals surface area contributed by atoms with Gasteiger partial charge in [0.25, 0.3) is 0 Å². The molecule has 0 heterocycles. The summed E-state index contributed by atoms with van der Waals surface area (Å²) in [6.45, 7) is 2.86. The molecule has 0 saturated carbocycles. The van der Waals surface area contributed by atoms with Gasteiger partial charge in [-0.05, 0) is 52.7 Å². The lowest BCUT2D eigenvalue weighted by molar-refractivity contribution is 1.15. The van der Waals surface area contributed by atoms with Gasteiger partial charge in [-0.15, -0.1) is 0 Å². The summed E-state index contributed by atoms with van der Waals surface area (Å²) in [5.41, 5.74) is 3.55. The maximum atomic E-state index is 6.04. The molecule has 17 heavy (non-hydrogen) atoms. The molecule has 0 amide bonds. The third-order valence-corrected chi connectivity index (χ3v) is 3.76. The summed E-state index contributed by atoms with van der Waals surface area (Å²) in [6.07, 6.45) is 0. The van der Waals surface area contributed by atoms with Crippen LogP contribution in [-0.2, 0) is 6.54 Å². The Morgan fingerprint density at radius 1 is 1.12 bits per heavy atom. The molecule has 0 aliphatic heterocycles. The molecule has 0 aliphatic carbocycles. The van der Waals surface area contributed by atoms with Crippen LogP contribution in [0.1, 0.15) is 11.1 Å². The molecule has 0 saturated heterocycles. The van der Waals surface area contributed by atoms with E-state index in [1.165, 1.54) is 11.1 Å². The van der Waals surface area contributed by atoms with Gasteiger partial charge in [0, 0.05) is 16.7 Å². The predicted octanol–water partition coefficient (Wildman–Crippen LogP) is 5.02. The molecule has 3 heteroatoms. The van der Waals surface area contributed by atoms with Gasteiger partial charge in [0.2, 0.25) is 0 Å². The van der Waals surface area contributed by atoms with Crippen molar-refractivity contribution >= 4 is 33.2 Å². The summed E-state index contributed by atoms with van der Waals surface area (Å²) < 4.78 is 0.929. The molecule has 0 radical (unpaired) electrons. The van der Waals surface area contributed by atoms with Crippen LogP contribution in [0.4, 0.5) is 5.69 Å². The number of rotatable bonds is 3. The first-order chi connectivity index (χ1) is 8.15. The topological polar surface area (TPSA) is 12.0 Å². The first-order valence-electron chi connectivity index (χ1n) is 5.39. The third-order valence-electron chi connectivity index (χ3n) is 2.53. The zero-order valence-corrected chi connectivity index (χ0v) is 11.8. The summed E-state index contributed by atoms with van der Waals surface area (Å²) in [4.78, 5) is 0. The first kappa shape index (κ1) is 12.5. The van der Waals surface area contributed by atoms with Gasteiger partial charge < -0.3 is 5.32 Å². The van der Waals surface area contributed by atoms with Crippen molar-refractivity contribution in [3.8, 4) is 0 Å². The van der Waals surface area contributed by atoms with E-state index in [1.807, 2.05) is 12.1 Å². The smallest absolute Gasteiger partial charge is 0.0551 e. The van der Waals surface area contributed by atoms with Crippen molar-refractivity contribution in [3.63, 3.8) is 0 Å². The molecule has 88 valence electrons. The monoisotopic (exact) mass is 309 g/mol. The van der Waals surface area contributed by atoms with Crippen LogP contribution in [0, 0.1) is 6.92 Å². The summed E-state index contributed by atoms with van der Waals surface area (Å²) in [6, 6.07) is 14.3. The standard InChI is InChI=1S/C14H13BrClN/c1-10-2-5-12(6-3-10)17-9-11-4-7-13(15)14(16)8-11/h2-8,17H,9H2,1H3. The second-order valence-electron chi connectivity index (χ2n) is 3.97. The Kier molecular flexibility index (Phi) is 4.08. The molecule has 0 aliphatic rings. The zero-order valence-electron chi connectivity index (χ0n) is 9.50. The summed E-state index contributed by atoms with van der Waals surface area (Å²) in [5, 5.41) is 4.10. The predicted molar refractivity (Wildman–Crippen MR) is 77.7 cm³/mol. The Bertz CT molecular complexity index is 508. The molecular weight excluding hydrogens is 298 g/mol. The largest absolute Gasteiger partial charge is 0.381 e. The number of hydrogen-bond acceptors (Lipinski definition) is 1. The summed E-state index contributed by atoms with van der Waals surface area (Å²) in [5.74, 6) is 0. The van der Waals surface area contributed by atoms with Crippen molar-refractivity contribution in [1.29, 1.82) is 0 Å². The van der Waals surface area contributed by atoms with Crippen LogP contribution < -0.4 is 5.32 Å². The van der Waals surface area contributed by atoms with Crippen LogP contribution in [0.5, 0.6) is 0 Å². The number of anilines is 1. The molecule has 0 unspecified atom stereocenters. The fraction of sp³-hybridized carbons (Fsp3) is 0.143. The summed E-state index contributed by atoms with van der Waals surface area (Å²) >= 11 is 9.42. The van der Waals surface area contributed by atoms with Gasteiger partial charge in [-0.1, -0.05) is 35.4 Å². The molecule has 1 nitrogen and oxygen atoms in total. The van der Waals surface area contributed by atoms with Gasteiger partial charge in [-0.2, -0.15) is 0 Å². The Morgan fingerprint density at radius 3 is 2.47 bits per heavy atom. The van der Waals surface area contributed by atoms with E-state index in [2.05, 4.69) is 58.5 Å². The Hall–Kier alpha value is -0.990. The molecule has 2 rings (SSSR count). The number of benzene rings is 2. The highest BCUT2D eigenvalue weighted by Crippen LogP contribution is 2.23. The highest BCUT2D eigenvalue weighted by atomic mass is 79.9. The molecule has 0 atom stereocenters. The average Bonchev–Trinajstić information content (AvgIpc) is 2.33. The van der Waals surface area contributed by atoms with Gasteiger partial charge >= 0.3 is 0 Å². The minimum absolute atomic E-state index is 0.744. The van der Waals surface area contributed by atoms with E-state index in [0.29, 0.717) is 0 Å². The van der Waals surface area contributed by atoms with Gasteiger partial charge in [-0.3, -0.25) is 0 Å². The summed E-state index contributed by atoms with van der Waals surface area (Å²) in [7, 11) is 0. The van der Waals surface area contributed by atoms with Crippen LogP contribution in [0.3, 0.4) is 0 Å². The highest BCUT2D eigenvalue weighted by molar-refractivity contribution is 9.10. The van der Waals surface area contributed by atoms with E-state index in [9.17, 15) is 0 Å². The lowest BCUT2D eigenvalue weighted by Crippen LogP contribution is -1.99. The molecule has 0 aromatic heterocycles. The van der Waals surface area contributed by atoms with E-state index < -0.39 is 0 Å². The SMILES string of the molecule is Cc1ccc(NCc2ccc(Br)c(Cl)c2)cc1. The normalized spacial score (nSPS) is 10.3. The van der Waals surface area contributed by atoms with Gasteiger partial charge in [-0.25, -0.2) is 0 Å². The van der Waals surface area contributed by atoms with E-state index in [-0.39, 0.29) is 0 Å². The number of hydrogen-bond donors (Lipinski definition) is 1. The van der Waals surface area contributed by atoms with Crippen LogP contribution >= 0.6 is 27.5 Å². The lowest BCUT2D eigenvalue weighted by atomic mass is 10.2. The minimum atomic E-state index is 0.744. The highest BCUT2D eigenvalue weighted by Gasteiger charge is 1.99. The third kappa shape index (κ3) is 3.48. The fourth-order valence-electron chi connectivity index (χ4n) is 1.53. The zero-order chi connectivity index (χ0) is 12.3. The maximum Gasteiger partial charge on any atom is 0.0551 e. The van der Waals surface area contributed by atoms with E-state index >= 15 is 0 Å². The van der Waals surface area contributed by atoms with Crippen molar-refractivity contribution in [2.24, 2.45) is 0 Å². The average molecular weight is 311 g/mol. The quantitative estimate of drug-likeness (QED) is 0.839. The Balaban J connectivity index is 2.02. The fourth-order valence-corrected chi connectivity index (χ4v) is 1.97. The van der Waals surface area contributed by atoms with Gasteiger partial charge in [0.15, 0.2) is 0 Å². The first-order valence-corrected chi connectivity index (χ1v) is 6.57. The van der Waals surface area contributed by atoms with Crippen LogP contribution in [0.2, 0.25) is 5.02 Å². The molecule has 0 spiro atoms. The number of aryl methyl sites for hydroxylation is 1. The minimum Gasteiger partial charge on any atom is -0.381 e. The van der Waals surface area contributed by atoms with Crippen molar-refractivity contribution in [2.45, 2.75) is 13.5 Å². The van der Waals surface area contributed by atoms with E-state index in [4.69, 9.17) is 11.6 Å². The molecule has 0 bridgehead atoms. The Morgan fingerprint density at radius 2 is 1.82 bits per heavy atom.